The van der Waals surface area contributed by atoms with Gasteiger partial charge in [-0.25, -0.2) is 9.97 Å². The number of thiophene rings is 1. The van der Waals surface area contributed by atoms with E-state index < -0.39 is 0 Å². The number of aromatic nitrogens is 2. The van der Waals surface area contributed by atoms with Crippen LogP contribution in [0.25, 0.3) is 20.7 Å². The number of hydrogen-bond acceptors (Lipinski definition) is 5. The predicted octanol–water partition coefficient (Wildman–Crippen LogP) is 4.71. The molecule has 1 aromatic carbocycles. The maximum absolute atomic E-state index is 12.5. The van der Waals surface area contributed by atoms with Crippen LogP contribution in [0.2, 0.25) is 0 Å². The number of thioether (sulfide) groups is 1. The summed E-state index contributed by atoms with van der Waals surface area (Å²) >= 11 is 3.19. The topological polar surface area (TPSA) is 46.1 Å². The number of carbonyl (C=O) groups is 1. The van der Waals surface area contributed by atoms with Gasteiger partial charge in [-0.1, -0.05) is 49.0 Å². The number of likely N-dealkylation sites (tertiary alicyclic amines) is 1. The van der Waals surface area contributed by atoms with Crippen molar-refractivity contribution in [2.24, 2.45) is 5.92 Å². The van der Waals surface area contributed by atoms with Crippen molar-refractivity contribution in [3.8, 4) is 10.4 Å². The fourth-order valence-electron chi connectivity index (χ4n) is 3.33. The zero-order valence-corrected chi connectivity index (χ0v) is 16.4. The average Bonchev–Trinajstić information content (AvgIpc) is 3.12. The molecule has 1 aliphatic heterocycles. The summed E-state index contributed by atoms with van der Waals surface area (Å²) in [6, 6.07) is 12.5. The third-order valence-electron chi connectivity index (χ3n) is 4.69. The van der Waals surface area contributed by atoms with Crippen LogP contribution >= 0.6 is 23.1 Å². The molecule has 2 aromatic heterocycles. The molecular weight excluding hydrogens is 362 g/mol. The Bertz CT molecular complexity index is 910. The molecule has 1 fully saturated rings. The van der Waals surface area contributed by atoms with Crippen LogP contribution in [0.3, 0.4) is 0 Å². The molecule has 4 rings (SSSR count). The lowest BCUT2D eigenvalue weighted by molar-refractivity contribution is -0.130. The van der Waals surface area contributed by atoms with E-state index >= 15 is 0 Å². The first-order valence-corrected chi connectivity index (χ1v) is 10.7. The SMILES string of the molecule is CC1CCCN(C(=O)CSc2ncnc3sc(-c4ccccc4)cc23)C1. The number of piperidine rings is 1. The predicted molar refractivity (Wildman–Crippen MR) is 109 cm³/mol. The number of carbonyl (C=O) groups excluding carboxylic acids is 1. The number of amides is 1. The lowest BCUT2D eigenvalue weighted by Crippen LogP contribution is -2.40. The highest BCUT2D eigenvalue weighted by Crippen LogP contribution is 2.36. The maximum Gasteiger partial charge on any atom is 0.232 e. The van der Waals surface area contributed by atoms with Crippen LogP contribution in [0.4, 0.5) is 0 Å². The van der Waals surface area contributed by atoms with Crippen LogP contribution in [0.5, 0.6) is 0 Å². The number of nitrogens with zero attached hydrogens (tertiary/aromatic N) is 3. The molecule has 0 aliphatic carbocycles. The monoisotopic (exact) mass is 383 g/mol. The molecule has 1 aliphatic rings. The van der Waals surface area contributed by atoms with Gasteiger partial charge in [0.2, 0.25) is 5.91 Å². The largest absolute Gasteiger partial charge is 0.342 e. The second-order valence-electron chi connectivity index (χ2n) is 6.75. The van der Waals surface area contributed by atoms with Gasteiger partial charge >= 0.3 is 0 Å². The number of rotatable bonds is 4. The maximum atomic E-state index is 12.5. The Kier molecular flexibility index (Phi) is 5.22. The first-order valence-electron chi connectivity index (χ1n) is 8.91. The van der Waals surface area contributed by atoms with Crippen LogP contribution in [-0.4, -0.2) is 39.6 Å². The van der Waals surface area contributed by atoms with Crippen molar-refractivity contribution >= 4 is 39.2 Å². The highest BCUT2D eigenvalue weighted by Gasteiger charge is 2.21. The first-order chi connectivity index (χ1) is 12.7. The van der Waals surface area contributed by atoms with Gasteiger partial charge in [-0.2, -0.15) is 0 Å². The molecule has 0 saturated carbocycles. The number of hydrogen-bond donors (Lipinski definition) is 0. The molecule has 134 valence electrons. The highest BCUT2D eigenvalue weighted by atomic mass is 32.2. The quantitative estimate of drug-likeness (QED) is 0.483. The minimum atomic E-state index is 0.215. The summed E-state index contributed by atoms with van der Waals surface area (Å²) in [5.74, 6) is 1.26. The van der Waals surface area contributed by atoms with Gasteiger partial charge in [-0.05, 0) is 30.4 Å². The molecule has 0 bridgehead atoms. The van der Waals surface area contributed by atoms with Gasteiger partial charge in [-0.3, -0.25) is 4.79 Å². The van der Waals surface area contributed by atoms with Crippen molar-refractivity contribution in [1.82, 2.24) is 14.9 Å². The molecular formula is C20H21N3OS2. The second-order valence-corrected chi connectivity index (χ2v) is 8.74. The first kappa shape index (κ1) is 17.5. The Labute approximate surface area is 161 Å². The van der Waals surface area contributed by atoms with E-state index in [-0.39, 0.29) is 5.91 Å². The fourth-order valence-corrected chi connectivity index (χ4v) is 5.28. The van der Waals surface area contributed by atoms with E-state index in [1.165, 1.54) is 28.6 Å². The third kappa shape index (κ3) is 3.76. The molecule has 1 amide bonds. The smallest absolute Gasteiger partial charge is 0.232 e. The van der Waals surface area contributed by atoms with Gasteiger partial charge in [0.1, 0.15) is 16.2 Å². The van der Waals surface area contributed by atoms with Gasteiger partial charge in [0.05, 0.1) is 5.75 Å². The Morgan fingerprint density at radius 1 is 1.31 bits per heavy atom. The summed E-state index contributed by atoms with van der Waals surface area (Å²) in [4.78, 5) is 25.5. The van der Waals surface area contributed by atoms with Crippen molar-refractivity contribution in [2.45, 2.75) is 24.8 Å². The molecule has 4 nitrogen and oxygen atoms in total. The minimum Gasteiger partial charge on any atom is -0.342 e. The summed E-state index contributed by atoms with van der Waals surface area (Å²) in [6.45, 7) is 3.99. The Hall–Kier alpha value is -1.92. The molecule has 3 heterocycles. The van der Waals surface area contributed by atoms with Crippen molar-refractivity contribution in [3.63, 3.8) is 0 Å². The molecule has 0 N–H and O–H groups in total. The average molecular weight is 384 g/mol. The molecule has 3 aromatic rings. The van der Waals surface area contributed by atoms with Gasteiger partial charge < -0.3 is 4.90 Å². The highest BCUT2D eigenvalue weighted by molar-refractivity contribution is 8.00. The summed E-state index contributed by atoms with van der Waals surface area (Å²) < 4.78 is 0. The van der Waals surface area contributed by atoms with Gasteiger partial charge in [0.25, 0.3) is 0 Å². The van der Waals surface area contributed by atoms with E-state index in [1.54, 1.807) is 17.7 Å². The van der Waals surface area contributed by atoms with Gasteiger partial charge in [0.15, 0.2) is 0 Å². The normalized spacial score (nSPS) is 17.6. The third-order valence-corrected chi connectivity index (χ3v) is 6.78. The summed E-state index contributed by atoms with van der Waals surface area (Å²) in [5, 5.41) is 1.94. The molecule has 1 saturated heterocycles. The molecule has 0 spiro atoms. The summed E-state index contributed by atoms with van der Waals surface area (Å²) in [7, 11) is 0. The Morgan fingerprint density at radius 2 is 2.15 bits per heavy atom. The molecule has 26 heavy (non-hydrogen) atoms. The Balaban J connectivity index is 1.51. The van der Waals surface area contributed by atoms with Crippen molar-refractivity contribution in [1.29, 1.82) is 0 Å². The zero-order valence-electron chi connectivity index (χ0n) is 14.7. The van der Waals surface area contributed by atoms with E-state index in [9.17, 15) is 4.79 Å². The Morgan fingerprint density at radius 3 is 2.96 bits per heavy atom. The molecule has 0 radical (unpaired) electrons. The van der Waals surface area contributed by atoms with Gasteiger partial charge in [0, 0.05) is 23.4 Å². The van der Waals surface area contributed by atoms with E-state index in [0.29, 0.717) is 11.7 Å². The van der Waals surface area contributed by atoms with E-state index in [2.05, 4.69) is 35.1 Å². The van der Waals surface area contributed by atoms with Gasteiger partial charge in [-0.15, -0.1) is 11.3 Å². The van der Waals surface area contributed by atoms with Crippen LogP contribution < -0.4 is 0 Å². The molecule has 6 heteroatoms. The van der Waals surface area contributed by atoms with Crippen molar-refractivity contribution in [2.75, 3.05) is 18.8 Å². The lowest BCUT2D eigenvalue weighted by atomic mass is 10.0. The zero-order chi connectivity index (χ0) is 17.9. The fraction of sp³-hybridized carbons (Fsp3) is 0.350. The summed E-state index contributed by atoms with van der Waals surface area (Å²) in [5.41, 5.74) is 1.19. The van der Waals surface area contributed by atoms with Crippen LogP contribution in [0, 0.1) is 5.92 Å². The van der Waals surface area contributed by atoms with E-state index in [0.717, 1.165) is 34.8 Å². The lowest BCUT2D eigenvalue weighted by Gasteiger charge is -2.30. The van der Waals surface area contributed by atoms with E-state index in [4.69, 9.17) is 0 Å². The standard InChI is InChI=1S/C20H21N3OS2/c1-14-6-5-9-23(11-14)18(24)12-25-19-16-10-17(15-7-3-2-4-8-15)26-20(16)22-13-21-19/h2-4,7-8,10,13-14H,5-6,9,11-12H2,1H3. The van der Waals surface area contributed by atoms with Crippen LogP contribution in [0.15, 0.2) is 47.8 Å². The number of fused-ring (bicyclic) bond motifs is 1. The number of benzene rings is 1. The van der Waals surface area contributed by atoms with Crippen LogP contribution in [-0.2, 0) is 4.79 Å². The van der Waals surface area contributed by atoms with Crippen LogP contribution in [0.1, 0.15) is 19.8 Å². The van der Waals surface area contributed by atoms with Crippen molar-refractivity contribution < 1.29 is 4.79 Å². The molecule has 1 atom stereocenters. The molecule has 1 unspecified atom stereocenters. The summed E-state index contributed by atoms with van der Waals surface area (Å²) in [6.07, 6.45) is 3.93. The minimum absolute atomic E-state index is 0.215. The van der Waals surface area contributed by atoms with Crippen molar-refractivity contribution in [3.05, 3.63) is 42.7 Å². The second kappa shape index (κ2) is 7.76. The van der Waals surface area contributed by atoms with E-state index in [1.807, 2.05) is 23.1 Å².